The van der Waals surface area contributed by atoms with E-state index in [9.17, 15) is 18.3 Å². The first-order valence-electron chi connectivity index (χ1n) is 6.63. The largest absolute Gasteiger partial charge is 0.508 e. The van der Waals surface area contributed by atoms with Gasteiger partial charge in [-0.05, 0) is 36.2 Å². The number of phenols is 1. The Kier molecular flexibility index (Phi) is 4.40. The molecule has 112 valence electrons. The molecule has 2 aromatic carbocycles. The molecule has 0 aliphatic heterocycles. The smallest absolute Gasteiger partial charge is 0.418 e. The van der Waals surface area contributed by atoms with Gasteiger partial charge in [-0.3, -0.25) is 0 Å². The lowest BCUT2D eigenvalue weighted by Gasteiger charge is -2.22. The molecule has 0 saturated carbocycles. The average molecular weight is 295 g/mol. The molecule has 2 rings (SSSR count). The van der Waals surface area contributed by atoms with Gasteiger partial charge in [-0.1, -0.05) is 31.2 Å². The Morgan fingerprint density at radius 3 is 2.24 bits per heavy atom. The van der Waals surface area contributed by atoms with Crippen molar-refractivity contribution in [3.63, 3.8) is 0 Å². The number of halogens is 3. The summed E-state index contributed by atoms with van der Waals surface area (Å²) in [4.78, 5) is 0. The molecule has 0 aliphatic carbocycles. The van der Waals surface area contributed by atoms with Crippen LogP contribution < -0.4 is 5.32 Å². The molecule has 0 amide bonds. The van der Waals surface area contributed by atoms with E-state index >= 15 is 0 Å². The first-order valence-corrected chi connectivity index (χ1v) is 6.63. The molecule has 2 aromatic rings. The minimum Gasteiger partial charge on any atom is -0.508 e. The van der Waals surface area contributed by atoms with Gasteiger partial charge in [-0.25, -0.2) is 0 Å². The zero-order valence-corrected chi connectivity index (χ0v) is 11.5. The zero-order chi connectivity index (χ0) is 15.5. The fourth-order valence-electron chi connectivity index (χ4n) is 2.17. The fraction of sp³-hybridized carbons (Fsp3) is 0.250. The van der Waals surface area contributed by atoms with Gasteiger partial charge < -0.3 is 10.4 Å². The second-order valence-electron chi connectivity index (χ2n) is 4.74. The van der Waals surface area contributed by atoms with Crippen molar-refractivity contribution in [3.8, 4) is 5.75 Å². The highest BCUT2D eigenvalue weighted by Crippen LogP contribution is 2.36. The Bertz CT molecular complexity index is 593. The maximum Gasteiger partial charge on any atom is 0.418 e. The summed E-state index contributed by atoms with van der Waals surface area (Å²) < 4.78 is 39.0. The van der Waals surface area contributed by atoms with Gasteiger partial charge in [0.05, 0.1) is 11.6 Å². The number of para-hydroxylation sites is 1. The molecular formula is C16H16F3NO. The molecule has 2 N–H and O–H groups in total. The molecule has 0 bridgehead atoms. The van der Waals surface area contributed by atoms with Crippen molar-refractivity contribution < 1.29 is 18.3 Å². The molecule has 21 heavy (non-hydrogen) atoms. The number of anilines is 1. The Morgan fingerprint density at radius 1 is 1.05 bits per heavy atom. The van der Waals surface area contributed by atoms with Gasteiger partial charge in [0.15, 0.2) is 0 Å². The summed E-state index contributed by atoms with van der Waals surface area (Å²) in [6, 6.07) is 11.6. The van der Waals surface area contributed by atoms with Crippen LogP contribution in [-0.2, 0) is 6.18 Å². The molecule has 0 aliphatic rings. The van der Waals surface area contributed by atoms with Gasteiger partial charge in [0.2, 0.25) is 0 Å². The van der Waals surface area contributed by atoms with Gasteiger partial charge in [0.25, 0.3) is 0 Å². The molecule has 0 heterocycles. The van der Waals surface area contributed by atoms with E-state index in [0.29, 0.717) is 6.42 Å². The summed E-state index contributed by atoms with van der Waals surface area (Å²) in [5.41, 5.74) is 0.208. The number of alkyl halides is 3. The van der Waals surface area contributed by atoms with E-state index in [1.54, 1.807) is 18.2 Å². The number of nitrogens with one attached hydrogen (secondary N) is 1. The number of benzene rings is 2. The number of phenolic OH excluding ortho intramolecular Hbond substituents is 1. The molecule has 0 spiro atoms. The van der Waals surface area contributed by atoms with Crippen LogP contribution in [0.15, 0.2) is 48.5 Å². The van der Waals surface area contributed by atoms with Gasteiger partial charge in [0, 0.05) is 5.69 Å². The third kappa shape index (κ3) is 3.68. The normalized spacial score (nSPS) is 13.0. The Labute approximate surface area is 121 Å². The van der Waals surface area contributed by atoms with Gasteiger partial charge in [-0.2, -0.15) is 13.2 Å². The Hall–Kier alpha value is -2.17. The zero-order valence-electron chi connectivity index (χ0n) is 11.5. The summed E-state index contributed by atoms with van der Waals surface area (Å²) in [5.74, 6) is 0.129. The van der Waals surface area contributed by atoms with Gasteiger partial charge >= 0.3 is 6.18 Å². The number of rotatable bonds is 4. The van der Waals surface area contributed by atoms with Crippen molar-refractivity contribution in [3.05, 3.63) is 59.7 Å². The summed E-state index contributed by atoms with van der Waals surface area (Å²) >= 11 is 0. The third-order valence-electron chi connectivity index (χ3n) is 3.27. The van der Waals surface area contributed by atoms with Crippen molar-refractivity contribution in [2.75, 3.05) is 5.32 Å². The fourth-order valence-corrected chi connectivity index (χ4v) is 2.17. The van der Waals surface area contributed by atoms with Crippen LogP contribution in [0.2, 0.25) is 0 Å². The monoisotopic (exact) mass is 295 g/mol. The molecule has 0 radical (unpaired) electrons. The first kappa shape index (κ1) is 15.2. The maximum absolute atomic E-state index is 13.0. The first-order chi connectivity index (χ1) is 9.91. The summed E-state index contributed by atoms with van der Waals surface area (Å²) in [7, 11) is 0. The molecule has 5 heteroatoms. The lowest BCUT2D eigenvalue weighted by atomic mass is 10.0. The number of hydrogen-bond donors (Lipinski definition) is 2. The lowest BCUT2D eigenvalue weighted by Crippen LogP contribution is -2.14. The second-order valence-corrected chi connectivity index (χ2v) is 4.74. The number of aromatic hydroxyl groups is 1. The van der Waals surface area contributed by atoms with E-state index in [2.05, 4.69) is 5.32 Å². The van der Waals surface area contributed by atoms with Crippen molar-refractivity contribution in [2.45, 2.75) is 25.6 Å². The predicted molar refractivity (Wildman–Crippen MR) is 76.2 cm³/mol. The number of hydrogen-bond acceptors (Lipinski definition) is 2. The standard InChI is InChI=1S/C16H16F3NO/c1-2-14(11-7-9-12(21)10-8-11)20-15-6-4-3-5-13(15)16(17,18)19/h3-10,14,20-21H,2H2,1H3. The van der Waals surface area contributed by atoms with Gasteiger partial charge in [0.1, 0.15) is 5.75 Å². The second kappa shape index (κ2) is 6.08. The minimum absolute atomic E-state index is 0.0601. The molecule has 0 fully saturated rings. The van der Waals surface area contributed by atoms with Crippen LogP contribution in [0.4, 0.5) is 18.9 Å². The molecule has 1 atom stereocenters. The molecule has 0 aromatic heterocycles. The van der Waals surface area contributed by atoms with Gasteiger partial charge in [-0.15, -0.1) is 0 Å². The van der Waals surface area contributed by atoms with Crippen molar-refractivity contribution in [2.24, 2.45) is 0 Å². The highest BCUT2D eigenvalue weighted by molar-refractivity contribution is 5.54. The third-order valence-corrected chi connectivity index (χ3v) is 3.27. The maximum atomic E-state index is 13.0. The Balaban J connectivity index is 2.29. The van der Waals surface area contributed by atoms with Crippen LogP contribution >= 0.6 is 0 Å². The Morgan fingerprint density at radius 2 is 1.67 bits per heavy atom. The average Bonchev–Trinajstić information content (AvgIpc) is 2.45. The van der Waals surface area contributed by atoms with E-state index in [4.69, 9.17) is 0 Å². The molecule has 0 saturated heterocycles. The van der Waals surface area contributed by atoms with Crippen molar-refractivity contribution in [1.82, 2.24) is 0 Å². The van der Waals surface area contributed by atoms with E-state index in [0.717, 1.165) is 11.6 Å². The predicted octanol–water partition coefficient (Wildman–Crippen LogP) is 4.97. The molecule has 2 nitrogen and oxygen atoms in total. The topological polar surface area (TPSA) is 32.3 Å². The van der Waals surface area contributed by atoms with Crippen LogP contribution in [0.25, 0.3) is 0 Å². The van der Waals surface area contributed by atoms with Crippen molar-refractivity contribution in [1.29, 1.82) is 0 Å². The van der Waals surface area contributed by atoms with E-state index < -0.39 is 11.7 Å². The van der Waals surface area contributed by atoms with E-state index in [1.807, 2.05) is 6.92 Å². The molecule has 1 unspecified atom stereocenters. The van der Waals surface area contributed by atoms with Crippen molar-refractivity contribution >= 4 is 5.69 Å². The summed E-state index contributed by atoms with van der Waals surface area (Å²) in [5, 5.41) is 12.2. The van der Waals surface area contributed by atoms with Crippen LogP contribution in [0.3, 0.4) is 0 Å². The summed E-state index contributed by atoms with van der Waals surface area (Å²) in [6.07, 6.45) is -3.77. The van der Waals surface area contributed by atoms with Crippen LogP contribution in [-0.4, -0.2) is 5.11 Å². The quantitative estimate of drug-likeness (QED) is 0.834. The van der Waals surface area contributed by atoms with Crippen LogP contribution in [0.5, 0.6) is 5.75 Å². The highest BCUT2D eigenvalue weighted by Gasteiger charge is 2.33. The van der Waals surface area contributed by atoms with Crippen LogP contribution in [0, 0.1) is 0 Å². The van der Waals surface area contributed by atoms with E-state index in [1.165, 1.54) is 24.3 Å². The minimum atomic E-state index is -4.39. The SMILES string of the molecule is CCC(Nc1ccccc1C(F)(F)F)c1ccc(O)cc1. The summed E-state index contributed by atoms with van der Waals surface area (Å²) in [6.45, 7) is 1.89. The lowest BCUT2D eigenvalue weighted by molar-refractivity contribution is -0.137. The van der Waals surface area contributed by atoms with E-state index in [-0.39, 0.29) is 17.5 Å². The van der Waals surface area contributed by atoms with Crippen LogP contribution in [0.1, 0.15) is 30.5 Å². The molecular weight excluding hydrogens is 279 g/mol. The highest BCUT2D eigenvalue weighted by atomic mass is 19.4.